The van der Waals surface area contributed by atoms with E-state index in [0.29, 0.717) is 32.0 Å². The van der Waals surface area contributed by atoms with Gasteiger partial charge in [0.1, 0.15) is 5.82 Å². The Morgan fingerprint density at radius 1 is 1.30 bits per heavy atom. The standard InChI is InChI=1S/C15H20N4O3S/c1-12-15-17-11-13(6-10-22-14-5-3-4-7-16-14)18(15)8-9-19(12)23(2,20)21/h3-5,7,11-12H,6,8-10H2,1-2H3/t12-/m1/s1. The molecule has 8 heteroatoms. The number of hydrogen-bond donors (Lipinski definition) is 0. The molecule has 0 bridgehead atoms. The number of sulfonamides is 1. The molecule has 124 valence electrons. The molecule has 0 fully saturated rings. The summed E-state index contributed by atoms with van der Waals surface area (Å²) in [5.41, 5.74) is 1.05. The van der Waals surface area contributed by atoms with Crippen molar-refractivity contribution < 1.29 is 13.2 Å². The van der Waals surface area contributed by atoms with Gasteiger partial charge in [-0.3, -0.25) is 0 Å². The van der Waals surface area contributed by atoms with Gasteiger partial charge in [0.05, 0.1) is 18.9 Å². The summed E-state index contributed by atoms with van der Waals surface area (Å²) in [6.45, 7) is 3.46. The van der Waals surface area contributed by atoms with Gasteiger partial charge in [0, 0.05) is 43.7 Å². The van der Waals surface area contributed by atoms with Crippen LogP contribution < -0.4 is 4.74 Å². The average Bonchev–Trinajstić information content (AvgIpc) is 2.92. The van der Waals surface area contributed by atoms with Gasteiger partial charge >= 0.3 is 0 Å². The second-order valence-corrected chi connectivity index (χ2v) is 7.51. The summed E-state index contributed by atoms with van der Waals surface area (Å²) in [6.07, 6.45) is 5.44. The van der Waals surface area contributed by atoms with Gasteiger partial charge in [0.2, 0.25) is 15.9 Å². The number of fused-ring (bicyclic) bond motifs is 1. The second-order valence-electron chi connectivity index (χ2n) is 5.58. The molecule has 1 aliphatic heterocycles. The molecule has 3 rings (SSSR count). The first-order valence-electron chi connectivity index (χ1n) is 7.52. The predicted octanol–water partition coefficient (Wildman–Crippen LogP) is 1.24. The van der Waals surface area contributed by atoms with E-state index in [9.17, 15) is 8.42 Å². The van der Waals surface area contributed by atoms with Gasteiger partial charge in [-0.15, -0.1) is 0 Å². The largest absolute Gasteiger partial charge is 0.477 e. The van der Waals surface area contributed by atoms with Crippen LogP contribution in [0.5, 0.6) is 5.88 Å². The van der Waals surface area contributed by atoms with Crippen LogP contribution in [-0.2, 0) is 23.0 Å². The SMILES string of the molecule is C[C@@H]1c2ncc(CCOc3ccccn3)n2CCN1S(C)(=O)=O. The van der Waals surface area contributed by atoms with Crippen LogP contribution in [0.1, 0.15) is 24.5 Å². The number of hydrogen-bond acceptors (Lipinski definition) is 5. The van der Waals surface area contributed by atoms with Gasteiger partial charge in [-0.1, -0.05) is 6.07 Å². The van der Waals surface area contributed by atoms with Crippen LogP contribution in [0.25, 0.3) is 0 Å². The van der Waals surface area contributed by atoms with Crippen molar-refractivity contribution in [1.82, 2.24) is 18.8 Å². The van der Waals surface area contributed by atoms with E-state index in [1.807, 2.05) is 25.1 Å². The number of aromatic nitrogens is 3. The van der Waals surface area contributed by atoms with Gasteiger partial charge in [-0.05, 0) is 13.0 Å². The molecule has 0 N–H and O–H groups in total. The maximum Gasteiger partial charge on any atom is 0.213 e. The van der Waals surface area contributed by atoms with Gasteiger partial charge in [0.25, 0.3) is 0 Å². The summed E-state index contributed by atoms with van der Waals surface area (Å²) < 4.78 is 32.8. The Morgan fingerprint density at radius 3 is 2.83 bits per heavy atom. The summed E-state index contributed by atoms with van der Waals surface area (Å²) in [5.74, 6) is 1.39. The fourth-order valence-corrected chi connectivity index (χ4v) is 3.97. The molecule has 0 saturated heterocycles. The number of ether oxygens (including phenoxy) is 1. The second kappa shape index (κ2) is 6.29. The normalized spacial score (nSPS) is 18.6. The van der Waals surface area contributed by atoms with Gasteiger partial charge in [0.15, 0.2) is 0 Å². The summed E-state index contributed by atoms with van der Waals surface area (Å²) in [5, 5.41) is 0. The predicted molar refractivity (Wildman–Crippen MR) is 85.6 cm³/mol. The van der Waals surface area contributed by atoms with Crippen molar-refractivity contribution in [2.75, 3.05) is 19.4 Å². The van der Waals surface area contributed by atoms with Crippen LogP contribution in [-0.4, -0.2) is 46.7 Å². The molecule has 7 nitrogen and oxygen atoms in total. The number of rotatable bonds is 5. The summed E-state index contributed by atoms with van der Waals surface area (Å²) in [4.78, 5) is 8.53. The van der Waals surface area contributed by atoms with Crippen molar-refractivity contribution >= 4 is 10.0 Å². The quantitative estimate of drug-likeness (QED) is 0.821. The Balaban J connectivity index is 1.68. The molecule has 0 aromatic carbocycles. The van der Waals surface area contributed by atoms with E-state index in [0.717, 1.165) is 11.5 Å². The smallest absolute Gasteiger partial charge is 0.213 e. The number of imidazole rings is 1. The molecular formula is C15H20N4O3S. The Morgan fingerprint density at radius 2 is 2.13 bits per heavy atom. The van der Waals surface area contributed by atoms with Crippen molar-refractivity contribution in [3.05, 3.63) is 42.1 Å². The average molecular weight is 336 g/mol. The Labute approximate surface area is 136 Å². The molecule has 0 unspecified atom stereocenters. The van der Waals surface area contributed by atoms with E-state index in [2.05, 4.69) is 14.5 Å². The molecule has 0 saturated carbocycles. The maximum atomic E-state index is 11.8. The zero-order valence-corrected chi connectivity index (χ0v) is 14.0. The highest BCUT2D eigenvalue weighted by atomic mass is 32.2. The Hall–Kier alpha value is -1.93. The first-order valence-corrected chi connectivity index (χ1v) is 9.36. The molecule has 0 aliphatic carbocycles. The minimum absolute atomic E-state index is 0.246. The molecule has 0 spiro atoms. The lowest BCUT2D eigenvalue weighted by Crippen LogP contribution is -2.41. The molecule has 1 aliphatic rings. The molecule has 0 radical (unpaired) electrons. The van der Waals surface area contributed by atoms with Gasteiger partial charge in [-0.25, -0.2) is 18.4 Å². The Bertz CT molecular complexity index is 773. The minimum atomic E-state index is -3.21. The van der Waals surface area contributed by atoms with Crippen LogP contribution in [0.2, 0.25) is 0 Å². The molecule has 23 heavy (non-hydrogen) atoms. The fourth-order valence-electron chi connectivity index (χ4n) is 2.88. The molecule has 2 aromatic rings. The van der Waals surface area contributed by atoms with Gasteiger partial charge in [-0.2, -0.15) is 4.31 Å². The number of nitrogens with zero attached hydrogens (tertiary/aromatic N) is 4. The van der Waals surface area contributed by atoms with E-state index in [1.165, 1.54) is 10.6 Å². The third-order valence-corrected chi connectivity index (χ3v) is 5.34. The fraction of sp³-hybridized carbons (Fsp3) is 0.467. The summed E-state index contributed by atoms with van der Waals surface area (Å²) >= 11 is 0. The molecule has 3 heterocycles. The van der Waals surface area contributed by atoms with E-state index in [1.54, 1.807) is 12.4 Å². The highest BCUT2D eigenvalue weighted by Gasteiger charge is 2.32. The van der Waals surface area contributed by atoms with Crippen molar-refractivity contribution in [1.29, 1.82) is 0 Å². The minimum Gasteiger partial charge on any atom is -0.477 e. The van der Waals surface area contributed by atoms with Crippen molar-refractivity contribution in [2.24, 2.45) is 0 Å². The van der Waals surface area contributed by atoms with E-state index >= 15 is 0 Å². The lowest BCUT2D eigenvalue weighted by molar-refractivity contribution is 0.269. The summed E-state index contributed by atoms with van der Waals surface area (Å²) in [7, 11) is -3.21. The van der Waals surface area contributed by atoms with Crippen molar-refractivity contribution in [3.63, 3.8) is 0 Å². The third kappa shape index (κ3) is 3.37. The zero-order valence-electron chi connectivity index (χ0n) is 13.2. The lowest BCUT2D eigenvalue weighted by Gasteiger charge is -2.32. The van der Waals surface area contributed by atoms with E-state index in [4.69, 9.17) is 4.74 Å². The topological polar surface area (TPSA) is 77.3 Å². The molecular weight excluding hydrogens is 316 g/mol. The van der Waals surface area contributed by atoms with Crippen molar-refractivity contribution in [2.45, 2.75) is 25.9 Å². The monoisotopic (exact) mass is 336 g/mol. The van der Waals surface area contributed by atoms with E-state index < -0.39 is 10.0 Å². The highest BCUT2D eigenvalue weighted by molar-refractivity contribution is 7.88. The Kier molecular flexibility index (Phi) is 4.36. The number of pyridine rings is 1. The van der Waals surface area contributed by atoms with Crippen LogP contribution in [0.4, 0.5) is 0 Å². The maximum absolute atomic E-state index is 11.8. The van der Waals surface area contributed by atoms with Crippen LogP contribution in [0.15, 0.2) is 30.6 Å². The van der Waals surface area contributed by atoms with Crippen LogP contribution >= 0.6 is 0 Å². The highest BCUT2D eigenvalue weighted by Crippen LogP contribution is 2.27. The first kappa shape index (κ1) is 15.9. The zero-order chi connectivity index (χ0) is 16.4. The van der Waals surface area contributed by atoms with Crippen molar-refractivity contribution in [3.8, 4) is 5.88 Å². The lowest BCUT2D eigenvalue weighted by atomic mass is 10.2. The van der Waals surface area contributed by atoms with Gasteiger partial charge < -0.3 is 9.30 Å². The summed E-state index contributed by atoms with van der Waals surface area (Å²) in [6, 6.07) is 5.29. The first-order chi connectivity index (χ1) is 11.0. The van der Waals surface area contributed by atoms with E-state index in [-0.39, 0.29) is 6.04 Å². The van der Waals surface area contributed by atoms with Crippen LogP contribution in [0, 0.1) is 0 Å². The third-order valence-electron chi connectivity index (χ3n) is 3.99. The molecule has 2 aromatic heterocycles. The molecule has 0 amide bonds. The van der Waals surface area contributed by atoms with Crippen LogP contribution in [0.3, 0.4) is 0 Å². The molecule has 1 atom stereocenters.